The van der Waals surface area contributed by atoms with Gasteiger partial charge in [-0.15, -0.1) is 0 Å². The van der Waals surface area contributed by atoms with Gasteiger partial charge >= 0.3 is 0 Å². The number of benzene rings is 1. The molecule has 0 unspecified atom stereocenters. The van der Waals surface area contributed by atoms with Gasteiger partial charge in [0.2, 0.25) is 0 Å². The number of nitrogens with one attached hydrogen (secondary N) is 1. The summed E-state index contributed by atoms with van der Waals surface area (Å²) in [6.07, 6.45) is 5.82. The predicted octanol–water partition coefficient (Wildman–Crippen LogP) is 4.24. The molecule has 2 aromatic heterocycles. The summed E-state index contributed by atoms with van der Waals surface area (Å²) < 4.78 is 0. The lowest BCUT2D eigenvalue weighted by Gasteiger charge is -2.32. The van der Waals surface area contributed by atoms with Gasteiger partial charge < -0.3 is 9.88 Å². The van der Waals surface area contributed by atoms with Crippen LogP contribution in [0.3, 0.4) is 0 Å². The number of hydrogen-bond acceptors (Lipinski definition) is 2. The highest BCUT2D eigenvalue weighted by Gasteiger charge is 2.26. The van der Waals surface area contributed by atoms with Crippen molar-refractivity contribution in [3.63, 3.8) is 0 Å². The molecule has 4 rings (SSSR count). The Hall–Kier alpha value is -2.33. The zero-order chi connectivity index (χ0) is 16.5. The van der Waals surface area contributed by atoms with Crippen molar-refractivity contribution in [2.45, 2.75) is 18.8 Å². The first-order valence-corrected chi connectivity index (χ1v) is 8.57. The van der Waals surface area contributed by atoms with Crippen molar-refractivity contribution in [3.8, 4) is 0 Å². The van der Waals surface area contributed by atoms with Crippen LogP contribution in [0, 0.1) is 0 Å². The first kappa shape index (κ1) is 15.2. The van der Waals surface area contributed by atoms with Gasteiger partial charge in [0.05, 0.1) is 0 Å². The third kappa shape index (κ3) is 2.78. The number of fused-ring (bicyclic) bond motifs is 1. The Labute approximate surface area is 145 Å². The Balaban J connectivity index is 1.47. The number of carbonyl (C=O) groups excluding carboxylic acids is 1. The molecule has 0 aliphatic carbocycles. The van der Waals surface area contributed by atoms with Crippen LogP contribution in [0.2, 0.25) is 5.02 Å². The summed E-state index contributed by atoms with van der Waals surface area (Å²) in [6.45, 7) is 1.55. The minimum Gasteiger partial charge on any atom is -0.346 e. The molecule has 0 spiro atoms. The number of aromatic nitrogens is 2. The molecule has 3 heterocycles. The molecule has 1 N–H and O–H groups in total. The van der Waals surface area contributed by atoms with Gasteiger partial charge in [-0.2, -0.15) is 0 Å². The number of piperidine rings is 1. The van der Waals surface area contributed by atoms with Crippen LogP contribution in [0.1, 0.15) is 34.7 Å². The van der Waals surface area contributed by atoms with E-state index in [9.17, 15) is 4.79 Å². The van der Waals surface area contributed by atoms with Crippen molar-refractivity contribution in [2.75, 3.05) is 13.1 Å². The minimum atomic E-state index is 0.0886. The Bertz CT molecular complexity index is 864. The molecule has 1 amide bonds. The number of pyridine rings is 1. The summed E-state index contributed by atoms with van der Waals surface area (Å²) in [6, 6.07) is 11.2. The van der Waals surface area contributed by atoms with Crippen LogP contribution < -0.4 is 0 Å². The molecule has 1 saturated heterocycles. The smallest absolute Gasteiger partial charge is 0.253 e. The van der Waals surface area contributed by atoms with E-state index in [1.807, 2.05) is 11.0 Å². The fraction of sp³-hybridized carbons (Fsp3) is 0.263. The van der Waals surface area contributed by atoms with E-state index in [1.54, 1.807) is 30.5 Å². The van der Waals surface area contributed by atoms with Gasteiger partial charge in [-0.3, -0.25) is 4.79 Å². The molecule has 122 valence electrons. The third-order valence-corrected chi connectivity index (χ3v) is 5.05. The molecule has 0 bridgehead atoms. The maximum absolute atomic E-state index is 12.6. The maximum Gasteiger partial charge on any atom is 0.253 e. The Morgan fingerprint density at radius 2 is 1.92 bits per heavy atom. The average Bonchev–Trinajstić information content (AvgIpc) is 3.06. The molecular formula is C19H18ClN3O. The number of halogens is 1. The number of rotatable bonds is 2. The van der Waals surface area contributed by atoms with E-state index in [1.165, 1.54) is 10.9 Å². The minimum absolute atomic E-state index is 0.0886. The standard InChI is InChI=1S/C19H18ClN3O/c20-15-5-3-14(4-6-15)19(24)23-10-7-13(8-11-23)17-12-22-18-16(17)2-1-9-21-18/h1-6,9,12-13H,7-8,10-11H2,(H,21,22). The highest BCUT2D eigenvalue weighted by atomic mass is 35.5. The molecule has 3 aromatic rings. The summed E-state index contributed by atoms with van der Waals surface area (Å²) in [5, 5.41) is 1.85. The average molecular weight is 340 g/mol. The summed E-state index contributed by atoms with van der Waals surface area (Å²) >= 11 is 5.89. The molecule has 4 nitrogen and oxygen atoms in total. The van der Waals surface area contributed by atoms with E-state index >= 15 is 0 Å². The van der Waals surface area contributed by atoms with Crippen molar-refractivity contribution in [3.05, 3.63) is 64.9 Å². The van der Waals surface area contributed by atoms with E-state index in [-0.39, 0.29) is 5.91 Å². The topological polar surface area (TPSA) is 49.0 Å². The van der Waals surface area contributed by atoms with Crippen LogP contribution in [0.5, 0.6) is 0 Å². The van der Waals surface area contributed by atoms with Crippen molar-refractivity contribution in [2.24, 2.45) is 0 Å². The predicted molar refractivity (Wildman–Crippen MR) is 95.4 cm³/mol. The third-order valence-electron chi connectivity index (χ3n) is 4.80. The first-order chi connectivity index (χ1) is 11.7. The number of carbonyl (C=O) groups is 1. The van der Waals surface area contributed by atoms with E-state index in [4.69, 9.17) is 11.6 Å². The van der Waals surface area contributed by atoms with E-state index < -0.39 is 0 Å². The molecule has 1 fully saturated rings. The fourth-order valence-corrected chi connectivity index (χ4v) is 3.61. The van der Waals surface area contributed by atoms with Gasteiger partial charge in [0.25, 0.3) is 5.91 Å². The highest BCUT2D eigenvalue weighted by Crippen LogP contribution is 2.32. The molecule has 0 atom stereocenters. The highest BCUT2D eigenvalue weighted by molar-refractivity contribution is 6.30. The van der Waals surface area contributed by atoms with E-state index in [2.05, 4.69) is 22.2 Å². The lowest BCUT2D eigenvalue weighted by Crippen LogP contribution is -2.37. The molecule has 5 heteroatoms. The first-order valence-electron chi connectivity index (χ1n) is 8.19. The monoisotopic (exact) mass is 339 g/mol. The molecule has 0 saturated carbocycles. The van der Waals surface area contributed by atoms with Crippen LogP contribution >= 0.6 is 11.6 Å². The van der Waals surface area contributed by atoms with Gasteiger partial charge in [-0.25, -0.2) is 4.98 Å². The molecule has 1 aromatic carbocycles. The molecule has 1 aliphatic heterocycles. The maximum atomic E-state index is 12.6. The normalized spacial score (nSPS) is 15.8. The number of nitrogens with zero attached hydrogens (tertiary/aromatic N) is 2. The van der Waals surface area contributed by atoms with Crippen LogP contribution in [0.4, 0.5) is 0 Å². The number of hydrogen-bond donors (Lipinski definition) is 1. The van der Waals surface area contributed by atoms with Gasteiger partial charge in [0, 0.05) is 41.5 Å². The largest absolute Gasteiger partial charge is 0.346 e. The summed E-state index contributed by atoms with van der Waals surface area (Å²) in [4.78, 5) is 22.1. The quantitative estimate of drug-likeness (QED) is 0.759. The molecular weight excluding hydrogens is 322 g/mol. The fourth-order valence-electron chi connectivity index (χ4n) is 3.48. The lowest BCUT2D eigenvalue weighted by molar-refractivity contribution is 0.0713. The molecule has 0 radical (unpaired) electrons. The molecule has 1 aliphatic rings. The second-order valence-electron chi connectivity index (χ2n) is 6.22. The second kappa shape index (κ2) is 6.29. The number of amides is 1. The second-order valence-corrected chi connectivity index (χ2v) is 6.65. The summed E-state index contributed by atoms with van der Waals surface area (Å²) in [7, 11) is 0. The van der Waals surface area contributed by atoms with Crippen LogP contribution in [0.15, 0.2) is 48.8 Å². The number of H-pyrrole nitrogens is 1. The van der Waals surface area contributed by atoms with Gasteiger partial charge in [-0.1, -0.05) is 11.6 Å². The van der Waals surface area contributed by atoms with Gasteiger partial charge in [0.15, 0.2) is 0 Å². The van der Waals surface area contributed by atoms with Gasteiger partial charge in [0.1, 0.15) is 5.65 Å². The SMILES string of the molecule is O=C(c1ccc(Cl)cc1)N1CCC(c2c[nH]c3ncccc23)CC1. The lowest BCUT2D eigenvalue weighted by atomic mass is 9.89. The number of likely N-dealkylation sites (tertiary alicyclic amines) is 1. The Morgan fingerprint density at radius 3 is 2.67 bits per heavy atom. The summed E-state index contributed by atoms with van der Waals surface area (Å²) in [5.74, 6) is 0.558. The van der Waals surface area contributed by atoms with Crippen molar-refractivity contribution < 1.29 is 4.79 Å². The molecule has 24 heavy (non-hydrogen) atoms. The van der Waals surface area contributed by atoms with E-state index in [0.29, 0.717) is 16.5 Å². The van der Waals surface area contributed by atoms with Crippen molar-refractivity contribution in [1.29, 1.82) is 0 Å². The van der Waals surface area contributed by atoms with E-state index in [0.717, 1.165) is 31.6 Å². The zero-order valence-corrected chi connectivity index (χ0v) is 14.0. The number of aromatic amines is 1. The Morgan fingerprint density at radius 1 is 1.17 bits per heavy atom. The van der Waals surface area contributed by atoms with Crippen LogP contribution in [0.25, 0.3) is 11.0 Å². The van der Waals surface area contributed by atoms with Crippen molar-refractivity contribution in [1.82, 2.24) is 14.9 Å². The zero-order valence-electron chi connectivity index (χ0n) is 13.2. The van der Waals surface area contributed by atoms with Gasteiger partial charge in [-0.05, 0) is 60.7 Å². The van der Waals surface area contributed by atoms with Crippen molar-refractivity contribution >= 4 is 28.5 Å². The Kier molecular flexibility index (Phi) is 3.98. The summed E-state index contributed by atoms with van der Waals surface area (Å²) in [5.41, 5.74) is 2.96. The van der Waals surface area contributed by atoms with Crippen LogP contribution in [-0.2, 0) is 0 Å². The van der Waals surface area contributed by atoms with Crippen LogP contribution in [-0.4, -0.2) is 33.9 Å².